The lowest BCUT2D eigenvalue weighted by Gasteiger charge is -2.14. The lowest BCUT2D eigenvalue weighted by Crippen LogP contribution is -1.88. The summed E-state index contributed by atoms with van der Waals surface area (Å²) in [5.41, 5.74) is 15.4. The van der Waals surface area contributed by atoms with E-state index in [1.165, 1.54) is 185 Å². The zero-order chi connectivity index (χ0) is 82.5. The fourth-order valence-corrected chi connectivity index (χ4v) is 13.9. The molecule has 0 radical (unpaired) electrons. The summed E-state index contributed by atoms with van der Waals surface area (Å²) in [5.74, 6) is 0. The maximum Gasteiger partial charge on any atom is 0.0372 e. The molecule has 18 rings (SSSR count). The maximum absolute atomic E-state index is 4.08. The van der Waals surface area contributed by atoms with Gasteiger partial charge in [0.25, 0.3) is 0 Å². The van der Waals surface area contributed by atoms with E-state index in [1.807, 2.05) is 191 Å². The van der Waals surface area contributed by atoms with Gasteiger partial charge in [-0.05, 0) is 280 Å². The van der Waals surface area contributed by atoms with Gasteiger partial charge in [0.15, 0.2) is 0 Å². The van der Waals surface area contributed by atoms with Crippen LogP contribution in [0.3, 0.4) is 0 Å². The minimum Gasteiger partial charge on any atom is -0.261 e. The molecule has 0 N–H and O–H groups in total. The molecule has 0 fully saturated rings. The van der Waals surface area contributed by atoms with Crippen molar-refractivity contribution in [3.8, 4) is 0 Å². The van der Waals surface area contributed by atoms with Crippen LogP contribution in [0.15, 0.2) is 243 Å². The molecule has 0 saturated heterocycles. The molecule has 0 amide bonds. The normalized spacial score (nSPS) is 9.82. The first-order valence-corrected chi connectivity index (χ1v) is 41.6. The number of hydrogen-bond donors (Lipinski definition) is 0. The van der Waals surface area contributed by atoms with Crippen molar-refractivity contribution < 1.29 is 0 Å². The van der Waals surface area contributed by atoms with Crippen molar-refractivity contribution in [2.24, 2.45) is 0 Å². The van der Waals surface area contributed by atoms with Crippen LogP contribution in [-0.4, -0.2) is 9.97 Å². The Morgan fingerprint density at radius 1 is 0.155 bits per heavy atom. The summed E-state index contributed by atoms with van der Waals surface area (Å²) in [6.45, 7) is 65.6. The van der Waals surface area contributed by atoms with Crippen molar-refractivity contribution in [3.63, 3.8) is 0 Å². The van der Waals surface area contributed by atoms with Crippen molar-refractivity contribution in [1.82, 2.24) is 9.97 Å². The van der Waals surface area contributed by atoms with Crippen LogP contribution in [0.1, 0.15) is 205 Å². The van der Waals surface area contributed by atoms with E-state index < -0.39 is 0 Å². The zero-order valence-corrected chi connectivity index (χ0v) is 74.0. The van der Waals surface area contributed by atoms with Crippen LogP contribution in [0, 0.1) is 83.1 Å². The van der Waals surface area contributed by atoms with E-state index in [4.69, 9.17) is 0 Å². The van der Waals surface area contributed by atoms with Crippen LogP contribution in [-0.2, 0) is 0 Å². The van der Waals surface area contributed by atoms with Gasteiger partial charge in [-0.2, -0.15) is 0 Å². The highest BCUT2D eigenvalue weighted by molar-refractivity contribution is 6.27. The molecule has 16 aromatic carbocycles. The number of pyridine rings is 2. The van der Waals surface area contributed by atoms with Crippen LogP contribution in [0.25, 0.3) is 129 Å². The molecule has 18 aromatic rings. The molecule has 2 heterocycles. The predicted molar refractivity (Wildman–Crippen MR) is 508 cm³/mol. The Labute approximate surface area is 666 Å². The van der Waals surface area contributed by atoms with Gasteiger partial charge in [0.2, 0.25) is 0 Å². The van der Waals surface area contributed by atoms with Crippen molar-refractivity contribution in [1.29, 1.82) is 0 Å². The van der Waals surface area contributed by atoms with Gasteiger partial charge in [0, 0.05) is 23.8 Å². The molecule has 578 valence electrons. The van der Waals surface area contributed by atoms with E-state index in [0.717, 1.165) is 11.4 Å². The molecule has 2 aromatic heterocycles. The Kier molecular flexibility index (Phi) is 41.2. The topological polar surface area (TPSA) is 25.8 Å². The summed E-state index contributed by atoms with van der Waals surface area (Å²) in [7, 11) is 0. The first kappa shape index (κ1) is 93.9. The average molecular weight is 1460 g/mol. The molecule has 0 saturated carbocycles. The van der Waals surface area contributed by atoms with E-state index >= 15 is 0 Å². The second-order valence-corrected chi connectivity index (χ2v) is 25.2. The fraction of sp³-hybridized carbons (Fsp3) is 0.296. The molecule has 0 aliphatic carbocycles. The second-order valence-electron chi connectivity index (χ2n) is 25.2. The lowest BCUT2D eigenvalue weighted by molar-refractivity contribution is 1.17. The van der Waals surface area contributed by atoms with Crippen LogP contribution < -0.4 is 0 Å². The molecule has 0 bridgehead atoms. The van der Waals surface area contributed by atoms with Crippen molar-refractivity contribution in [2.75, 3.05) is 0 Å². The Balaban J connectivity index is 0.000000333. The van der Waals surface area contributed by atoms with Gasteiger partial charge in [-0.3, -0.25) is 9.97 Å². The van der Waals surface area contributed by atoms with Gasteiger partial charge in [-0.25, -0.2) is 0 Å². The van der Waals surface area contributed by atoms with E-state index in [0.29, 0.717) is 0 Å². The van der Waals surface area contributed by atoms with Crippen LogP contribution in [0.2, 0.25) is 0 Å². The lowest BCUT2D eigenvalue weighted by atomic mass is 9.90. The van der Waals surface area contributed by atoms with Gasteiger partial charge in [0.05, 0.1) is 0 Å². The minimum absolute atomic E-state index is 1.08. The number of aromatic nitrogens is 2. The van der Waals surface area contributed by atoms with E-state index in [2.05, 4.69) is 284 Å². The Hall–Kier alpha value is -10.3. The summed E-state index contributed by atoms with van der Waals surface area (Å²) in [6.07, 6.45) is 3.74. The fourth-order valence-electron chi connectivity index (χ4n) is 13.9. The number of aryl methyl sites for hydroxylation is 12. The smallest absolute Gasteiger partial charge is 0.0372 e. The van der Waals surface area contributed by atoms with Crippen LogP contribution in [0.5, 0.6) is 0 Å². The van der Waals surface area contributed by atoms with Crippen molar-refractivity contribution in [3.05, 3.63) is 310 Å². The molecule has 0 unspecified atom stereocenters. The molecule has 2 heteroatoms. The van der Waals surface area contributed by atoms with Crippen molar-refractivity contribution >= 4 is 129 Å². The van der Waals surface area contributed by atoms with Crippen molar-refractivity contribution in [2.45, 2.75) is 222 Å². The van der Waals surface area contributed by atoms with Gasteiger partial charge in [0.1, 0.15) is 0 Å². The molecule has 0 atom stereocenters. The Bertz CT molecular complexity index is 5190. The van der Waals surface area contributed by atoms with Gasteiger partial charge in [-0.15, -0.1) is 0 Å². The first-order chi connectivity index (χ1) is 53.6. The zero-order valence-electron chi connectivity index (χ0n) is 74.0. The third kappa shape index (κ3) is 22.5. The number of rotatable bonds is 0. The third-order valence-electron chi connectivity index (χ3n) is 18.3. The van der Waals surface area contributed by atoms with E-state index in [-0.39, 0.29) is 0 Å². The van der Waals surface area contributed by atoms with E-state index in [1.54, 1.807) is 0 Å². The summed E-state index contributed by atoms with van der Waals surface area (Å²) >= 11 is 0. The van der Waals surface area contributed by atoms with Gasteiger partial charge >= 0.3 is 0 Å². The van der Waals surface area contributed by atoms with Crippen LogP contribution >= 0.6 is 0 Å². The van der Waals surface area contributed by atoms with Gasteiger partial charge < -0.3 is 0 Å². The van der Waals surface area contributed by atoms with E-state index in [9.17, 15) is 0 Å². The maximum atomic E-state index is 4.08. The predicted octanol–water partition coefficient (Wildman–Crippen LogP) is 35.0. The number of nitrogens with zero attached hydrogens (tertiary/aromatic N) is 2. The molecule has 0 aliphatic rings. The molecular formula is C108H136N2. The largest absolute Gasteiger partial charge is 0.261 e. The standard InChI is InChI=1S/C20H16.3C18H14.2C7H9N.10C2H6/c1-13-11-19-18-10-6-4-8-16(18)14(2)12-20(19)17-9-5-3-7-15(13)17;1-11-9-13-5-4-8-16-12(2)10-14-6-3-7-15(11)17(14)18(13)16;1-11-7-13-3-5-15-9-12(2)10-16-6-4-14(8-11)17(13)18(15)16;1-11-6-7-14-10-12(2)15-5-3-4-13-8-9-16(11)18(14)17(13)15;2*1-6-3-4-7(2)8-5-6;10*1-2/h3-12H,1-2H3;3*3-10H,1-2H3;2*3-5H,1-2H3;10*1-2H3. The Morgan fingerprint density at radius 3 is 0.709 bits per heavy atom. The highest BCUT2D eigenvalue weighted by Crippen LogP contribution is 2.41. The average Bonchev–Trinajstić information content (AvgIpc) is 0.790. The monoisotopic (exact) mass is 1460 g/mol. The highest BCUT2D eigenvalue weighted by atomic mass is 14.7. The number of hydrogen-bond acceptors (Lipinski definition) is 2. The highest BCUT2D eigenvalue weighted by Gasteiger charge is 2.14. The second kappa shape index (κ2) is 48.3. The number of benzene rings is 16. The summed E-state index contributed by atoms with van der Waals surface area (Å²) in [4.78, 5) is 8.16. The molecule has 110 heavy (non-hydrogen) atoms. The third-order valence-corrected chi connectivity index (χ3v) is 18.3. The summed E-state index contributed by atoms with van der Waals surface area (Å²) < 4.78 is 0. The van der Waals surface area contributed by atoms with Gasteiger partial charge in [-0.1, -0.05) is 357 Å². The SMILES string of the molecule is CC.CC.CC.CC.CC.CC.CC.CC.CC.CC.Cc1cc2c3ccccc3c(C)cc2c2ccccc12.Cc1cc2ccc(C)c3ccc4cccc1c4c23.Cc1cc2ccc3cc(C)cc4ccc(c1)c2c34.Cc1cc2cccc3c(C)cc4cccc1c4c23.Cc1ccc(C)nc1.Cc1ccc(C)nc1. The minimum atomic E-state index is 1.08. The quantitative estimate of drug-likeness (QED) is 0.141. The number of fused-ring (bicyclic) bond motifs is 5. The first-order valence-electron chi connectivity index (χ1n) is 41.6. The summed E-state index contributed by atoms with van der Waals surface area (Å²) in [5, 5.41) is 33.1. The van der Waals surface area contributed by atoms with Crippen LogP contribution in [0.4, 0.5) is 0 Å². The molecule has 0 aliphatic heterocycles. The molecular weight excluding hydrogens is 1330 g/mol. The Morgan fingerprint density at radius 2 is 0.400 bits per heavy atom. The summed E-state index contributed by atoms with van der Waals surface area (Å²) in [6, 6.07) is 84.0. The molecule has 2 nitrogen and oxygen atoms in total. The molecule has 0 spiro atoms.